The molecule has 0 spiro atoms. The zero-order chi connectivity index (χ0) is 14.9. The first-order valence-corrected chi connectivity index (χ1v) is 7.03. The van der Waals surface area contributed by atoms with E-state index in [2.05, 4.69) is 5.10 Å². The molecule has 2 aromatic rings. The molecule has 0 aliphatic carbocycles. The Bertz CT molecular complexity index is 608. The van der Waals surface area contributed by atoms with Crippen molar-refractivity contribution in [2.45, 2.75) is 25.9 Å². The van der Waals surface area contributed by atoms with Crippen molar-refractivity contribution in [3.8, 4) is 0 Å². The van der Waals surface area contributed by atoms with E-state index in [0.29, 0.717) is 17.1 Å². The van der Waals surface area contributed by atoms with Crippen molar-refractivity contribution >= 4 is 23.2 Å². The molecule has 1 unspecified atom stereocenters. The molecule has 0 aliphatic heterocycles. The summed E-state index contributed by atoms with van der Waals surface area (Å²) in [5, 5.41) is 15.2. The lowest BCUT2D eigenvalue weighted by Gasteiger charge is -2.14. The van der Waals surface area contributed by atoms with E-state index in [0.717, 1.165) is 5.69 Å². The Hall–Kier alpha value is -1.10. The smallest absolute Gasteiger partial charge is 0.130 e. The number of hydrogen-bond donors (Lipinski definition) is 1. The second-order valence-corrected chi connectivity index (χ2v) is 5.32. The predicted molar refractivity (Wildman–Crippen MR) is 77.7 cm³/mol. The fourth-order valence-electron chi connectivity index (χ4n) is 2.16. The molecule has 1 N–H and O–H groups in total. The topological polar surface area (TPSA) is 38.0 Å². The molecule has 0 aliphatic rings. The molecule has 1 aromatic carbocycles. The molecule has 2 rings (SSSR count). The molecule has 0 fully saturated rings. The molecular formula is C14H15Cl2FN2O. The van der Waals surface area contributed by atoms with Gasteiger partial charge >= 0.3 is 0 Å². The lowest BCUT2D eigenvalue weighted by Crippen LogP contribution is -2.09. The molecular weight excluding hydrogens is 302 g/mol. The summed E-state index contributed by atoms with van der Waals surface area (Å²) in [5.74, 6) is -0.529. The summed E-state index contributed by atoms with van der Waals surface area (Å²) in [6, 6.07) is 4.32. The van der Waals surface area contributed by atoms with Gasteiger partial charge in [0.25, 0.3) is 0 Å². The number of aliphatic hydroxyl groups excluding tert-OH is 1. The van der Waals surface area contributed by atoms with E-state index in [1.165, 1.54) is 12.1 Å². The van der Waals surface area contributed by atoms with E-state index in [9.17, 15) is 9.50 Å². The van der Waals surface area contributed by atoms with Gasteiger partial charge in [-0.15, -0.1) is 0 Å². The van der Waals surface area contributed by atoms with Crippen LogP contribution < -0.4 is 0 Å². The van der Waals surface area contributed by atoms with E-state index >= 15 is 0 Å². The van der Waals surface area contributed by atoms with Crippen molar-refractivity contribution in [2.75, 3.05) is 0 Å². The number of hydrogen-bond acceptors (Lipinski definition) is 2. The fourth-order valence-corrected chi connectivity index (χ4v) is 2.82. The van der Waals surface area contributed by atoms with Crippen LogP contribution in [0.2, 0.25) is 10.0 Å². The Balaban J connectivity index is 2.33. The van der Waals surface area contributed by atoms with E-state index in [4.69, 9.17) is 23.2 Å². The lowest BCUT2D eigenvalue weighted by atomic mass is 10.0. The van der Waals surface area contributed by atoms with Crippen molar-refractivity contribution in [3.05, 3.63) is 51.0 Å². The van der Waals surface area contributed by atoms with Crippen molar-refractivity contribution in [3.63, 3.8) is 0 Å². The van der Waals surface area contributed by atoms with Crippen LogP contribution in [0.25, 0.3) is 0 Å². The molecule has 0 saturated heterocycles. The third-order valence-corrected chi connectivity index (χ3v) is 3.99. The zero-order valence-corrected chi connectivity index (χ0v) is 12.7. The standard InChI is InChI=1S/C14H15Cl2FN2O/c1-3-10-14(16)11(19(2)18-10)7-12(20)13-8(15)5-4-6-9(13)17/h4-6,12,20H,3,7H2,1-2H3. The van der Waals surface area contributed by atoms with Gasteiger partial charge in [-0.2, -0.15) is 5.10 Å². The van der Waals surface area contributed by atoms with Crippen LogP contribution >= 0.6 is 23.2 Å². The highest BCUT2D eigenvalue weighted by atomic mass is 35.5. The van der Waals surface area contributed by atoms with Gasteiger partial charge in [-0.25, -0.2) is 4.39 Å². The summed E-state index contributed by atoms with van der Waals surface area (Å²) >= 11 is 12.2. The van der Waals surface area contributed by atoms with Crippen molar-refractivity contribution in [1.82, 2.24) is 9.78 Å². The molecule has 0 bridgehead atoms. The fraction of sp³-hybridized carbons (Fsp3) is 0.357. The number of nitrogens with zero attached hydrogens (tertiary/aromatic N) is 2. The highest BCUT2D eigenvalue weighted by Gasteiger charge is 2.21. The minimum atomic E-state index is -1.07. The lowest BCUT2D eigenvalue weighted by molar-refractivity contribution is 0.171. The van der Waals surface area contributed by atoms with Crippen LogP contribution in [0.15, 0.2) is 18.2 Å². The monoisotopic (exact) mass is 316 g/mol. The summed E-state index contributed by atoms with van der Waals surface area (Å²) in [5.41, 5.74) is 1.51. The molecule has 3 nitrogen and oxygen atoms in total. The summed E-state index contributed by atoms with van der Waals surface area (Å²) < 4.78 is 15.4. The van der Waals surface area contributed by atoms with Crippen LogP contribution in [-0.2, 0) is 19.9 Å². The van der Waals surface area contributed by atoms with Crippen LogP contribution in [0.4, 0.5) is 4.39 Å². The SMILES string of the molecule is CCc1nn(C)c(CC(O)c2c(F)cccc2Cl)c1Cl. The van der Waals surface area contributed by atoms with E-state index in [-0.39, 0.29) is 17.0 Å². The molecule has 6 heteroatoms. The maximum Gasteiger partial charge on any atom is 0.130 e. The third-order valence-electron chi connectivity index (χ3n) is 3.22. The van der Waals surface area contributed by atoms with E-state index < -0.39 is 11.9 Å². The number of aliphatic hydroxyl groups is 1. The van der Waals surface area contributed by atoms with Crippen LogP contribution in [0.3, 0.4) is 0 Å². The Kier molecular flexibility index (Phi) is 4.68. The highest BCUT2D eigenvalue weighted by Crippen LogP contribution is 2.31. The van der Waals surface area contributed by atoms with Gasteiger partial charge in [-0.05, 0) is 18.6 Å². The number of aryl methyl sites for hydroxylation is 2. The molecule has 20 heavy (non-hydrogen) atoms. The summed E-state index contributed by atoms with van der Waals surface area (Å²) in [7, 11) is 1.75. The Morgan fingerprint density at radius 2 is 2.10 bits per heavy atom. The zero-order valence-electron chi connectivity index (χ0n) is 11.2. The van der Waals surface area contributed by atoms with Gasteiger partial charge in [0.1, 0.15) is 5.82 Å². The van der Waals surface area contributed by atoms with Crippen molar-refractivity contribution < 1.29 is 9.50 Å². The van der Waals surface area contributed by atoms with Gasteiger partial charge in [-0.1, -0.05) is 36.2 Å². The Morgan fingerprint density at radius 1 is 1.40 bits per heavy atom. The number of benzene rings is 1. The molecule has 1 aromatic heterocycles. The predicted octanol–water partition coefficient (Wildman–Crippen LogP) is 3.70. The largest absolute Gasteiger partial charge is 0.388 e. The third kappa shape index (κ3) is 2.82. The van der Waals surface area contributed by atoms with Gasteiger partial charge in [0, 0.05) is 24.1 Å². The maximum absolute atomic E-state index is 13.8. The highest BCUT2D eigenvalue weighted by molar-refractivity contribution is 6.32. The second-order valence-electron chi connectivity index (χ2n) is 4.54. The molecule has 0 saturated carbocycles. The number of rotatable bonds is 4. The average Bonchev–Trinajstić information content (AvgIpc) is 2.66. The van der Waals surface area contributed by atoms with Gasteiger partial charge in [-0.3, -0.25) is 4.68 Å². The minimum absolute atomic E-state index is 0.0875. The maximum atomic E-state index is 13.8. The summed E-state index contributed by atoms with van der Waals surface area (Å²) in [4.78, 5) is 0. The quantitative estimate of drug-likeness (QED) is 0.933. The Morgan fingerprint density at radius 3 is 2.65 bits per heavy atom. The first-order valence-electron chi connectivity index (χ1n) is 6.27. The molecule has 1 atom stereocenters. The van der Waals surface area contributed by atoms with E-state index in [1.807, 2.05) is 6.92 Å². The first kappa shape index (κ1) is 15.3. The van der Waals surface area contributed by atoms with Crippen LogP contribution in [-0.4, -0.2) is 14.9 Å². The molecule has 1 heterocycles. The first-order chi connectivity index (χ1) is 9.45. The normalized spacial score (nSPS) is 12.7. The summed E-state index contributed by atoms with van der Waals surface area (Å²) in [6.45, 7) is 1.95. The average molecular weight is 317 g/mol. The second kappa shape index (κ2) is 6.12. The molecule has 0 radical (unpaired) electrons. The van der Waals surface area contributed by atoms with Crippen molar-refractivity contribution in [1.29, 1.82) is 0 Å². The van der Waals surface area contributed by atoms with Gasteiger partial charge in [0.05, 0.1) is 22.5 Å². The van der Waals surface area contributed by atoms with Crippen LogP contribution in [0.5, 0.6) is 0 Å². The number of aromatic nitrogens is 2. The van der Waals surface area contributed by atoms with Gasteiger partial charge in [0.2, 0.25) is 0 Å². The number of halogens is 3. The van der Waals surface area contributed by atoms with Gasteiger partial charge < -0.3 is 5.11 Å². The Labute approximate surface area is 126 Å². The van der Waals surface area contributed by atoms with Gasteiger partial charge in [0.15, 0.2) is 0 Å². The van der Waals surface area contributed by atoms with E-state index in [1.54, 1.807) is 17.8 Å². The summed E-state index contributed by atoms with van der Waals surface area (Å²) in [6.07, 6.45) is -0.215. The molecule has 0 amide bonds. The van der Waals surface area contributed by atoms with Crippen molar-refractivity contribution in [2.24, 2.45) is 7.05 Å². The molecule has 108 valence electrons. The minimum Gasteiger partial charge on any atom is -0.388 e. The van der Waals surface area contributed by atoms with Crippen LogP contribution in [0.1, 0.15) is 30.0 Å². The van der Waals surface area contributed by atoms with Crippen LogP contribution in [0, 0.1) is 5.82 Å².